The lowest BCUT2D eigenvalue weighted by molar-refractivity contribution is 0.0954. The van der Waals surface area contributed by atoms with E-state index in [1.807, 2.05) is 23.5 Å². The van der Waals surface area contributed by atoms with Gasteiger partial charge in [-0.15, -0.1) is 0 Å². The second kappa shape index (κ2) is 8.20. The van der Waals surface area contributed by atoms with Gasteiger partial charge in [0.2, 0.25) is 0 Å². The standard InChI is InChI=1S/C14H16N2O2S2/c17-5-1-2-11-8-15-4-3-13(11)14(18)16-9-12-10-19-6-7-20-12/h3-4,8,12,17H,5-7,9-10H2,(H,16,18). The normalized spacial score (nSPS) is 17.9. The molecule has 2 heterocycles. The van der Waals surface area contributed by atoms with E-state index in [1.165, 1.54) is 5.75 Å². The van der Waals surface area contributed by atoms with Gasteiger partial charge in [-0.2, -0.15) is 23.5 Å². The zero-order chi connectivity index (χ0) is 14.2. The summed E-state index contributed by atoms with van der Waals surface area (Å²) in [7, 11) is 0. The van der Waals surface area contributed by atoms with Crippen LogP contribution in [-0.2, 0) is 0 Å². The molecule has 0 aliphatic carbocycles. The smallest absolute Gasteiger partial charge is 0.252 e. The van der Waals surface area contributed by atoms with Crippen LogP contribution in [0.25, 0.3) is 0 Å². The predicted molar refractivity (Wildman–Crippen MR) is 84.1 cm³/mol. The molecule has 20 heavy (non-hydrogen) atoms. The zero-order valence-corrected chi connectivity index (χ0v) is 12.6. The van der Waals surface area contributed by atoms with Crippen LogP contribution in [0.2, 0.25) is 0 Å². The molecule has 1 aromatic rings. The van der Waals surface area contributed by atoms with Crippen LogP contribution in [0.15, 0.2) is 18.5 Å². The minimum atomic E-state index is -0.230. The number of nitrogens with zero attached hydrogens (tertiary/aromatic N) is 1. The summed E-state index contributed by atoms with van der Waals surface area (Å²) in [6, 6.07) is 1.65. The van der Waals surface area contributed by atoms with E-state index in [4.69, 9.17) is 5.11 Å². The summed E-state index contributed by atoms with van der Waals surface area (Å²) >= 11 is 3.84. The van der Waals surface area contributed by atoms with E-state index in [1.54, 1.807) is 18.5 Å². The second-order valence-corrected chi connectivity index (χ2v) is 6.72. The molecule has 0 radical (unpaired) electrons. The van der Waals surface area contributed by atoms with Crippen molar-refractivity contribution >= 4 is 29.4 Å². The molecule has 4 nitrogen and oxygen atoms in total. The van der Waals surface area contributed by atoms with E-state index < -0.39 is 0 Å². The van der Waals surface area contributed by atoms with Gasteiger partial charge in [0.05, 0.1) is 11.1 Å². The monoisotopic (exact) mass is 308 g/mol. The van der Waals surface area contributed by atoms with Gasteiger partial charge < -0.3 is 10.4 Å². The lowest BCUT2D eigenvalue weighted by Gasteiger charge is -2.21. The Balaban J connectivity index is 1.97. The van der Waals surface area contributed by atoms with Crippen LogP contribution in [0.4, 0.5) is 0 Å². The van der Waals surface area contributed by atoms with E-state index >= 15 is 0 Å². The Labute approximate surface area is 127 Å². The number of aromatic nitrogens is 1. The number of hydrogen-bond acceptors (Lipinski definition) is 5. The van der Waals surface area contributed by atoms with E-state index in [0.29, 0.717) is 22.9 Å². The highest BCUT2D eigenvalue weighted by atomic mass is 32.2. The Morgan fingerprint density at radius 2 is 2.45 bits per heavy atom. The third-order valence-electron chi connectivity index (χ3n) is 2.74. The van der Waals surface area contributed by atoms with Gasteiger partial charge >= 0.3 is 0 Å². The van der Waals surface area contributed by atoms with E-state index in [0.717, 1.165) is 11.5 Å². The van der Waals surface area contributed by atoms with Crippen LogP contribution < -0.4 is 5.32 Å². The molecule has 1 unspecified atom stereocenters. The zero-order valence-electron chi connectivity index (χ0n) is 11.0. The minimum Gasteiger partial charge on any atom is -0.384 e. The number of pyridine rings is 1. The summed E-state index contributed by atoms with van der Waals surface area (Å²) in [5, 5.41) is 12.2. The first-order valence-corrected chi connectivity index (χ1v) is 8.53. The fourth-order valence-corrected chi connectivity index (χ4v) is 4.39. The van der Waals surface area contributed by atoms with Crippen LogP contribution in [0, 0.1) is 11.8 Å². The second-order valence-electron chi connectivity index (χ2n) is 4.16. The lowest BCUT2D eigenvalue weighted by Crippen LogP contribution is -2.33. The van der Waals surface area contributed by atoms with Gasteiger partial charge in [0.25, 0.3) is 5.91 Å². The number of aliphatic hydroxyl groups excluding tert-OH is 1. The molecule has 106 valence electrons. The van der Waals surface area contributed by atoms with Crippen molar-refractivity contribution in [3.05, 3.63) is 29.6 Å². The number of thioether (sulfide) groups is 2. The number of amides is 1. The van der Waals surface area contributed by atoms with Crippen LogP contribution >= 0.6 is 23.5 Å². The fourth-order valence-electron chi connectivity index (χ4n) is 1.78. The van der Waals surface area contributed by atoms with Gasteiger partial charge in [0.1, 0.15) is 6.61 Å². The van der Waals surface area contributed by atoms with Crippen molar-refractivity contribution in [1.82, 2.24) is 10.3 Å². The van der Waals surface area contributed by atoms with Crippen LogP contribution in [-0.4, -0.2) is 51.7 Å². The average molecular weight is 308 g/mol. The highest BCUT2D eigenvalue weighted by Gasteiger charge is 2.16. The molecule has 1 amide bonds. The molecule has 1 aliphatic rings. The number of hydrogen-bond donors (Lipinski definition) is 2. The molecular formula is C14H16N2O2S2. The molecule has 0 spiro atoms. The number of nitrogens with one attached hydrogen (secondary N) is 1. The van der Waals surface area contributed by atoms with E-state index in [2.05, 4.69) is 22.1 Å². The van der Waals surface area contributed by atoms with Crippen molar-refractivity contribution < 1.29 is 9.90 Å². The quantitative estimate of drug-likeness (QED) is 0.816. The summed E-state index contributed by atoms with van der Waals surface area (Å²) in [6.45, 7) is 0.442. The van der Waals surface area contributed by atoms with Gasteiger partial charge in [0, 0.05) is 41.4 Å². The number of carbonyl (C=O) groups excluding carboxylic acids is 1. The molecule has 6 heteroatoms. The Morgan fingerprint density at radius 3 is 3.20 bits per heavy atom. The maximum Gasteiger partial charge on any atom is 0.252 e. The molecule has 1 atom stereocenters. The van der Waals surface area contributed by atoms with Crippen LogP contribution in [0.5, 0.6) is 0 Å². The summed E-state index contributed by atoms with van der Waals surface area (Å²) < 4.78 is 0. The predicted octanol–water partition coefficient (Wildman–Crippen LogP) is 1.00. The largest absolute Gasteiger partial charge is 0.384 e. The van der Waals surface area contributed by atoms with Crippen molar-refractivity contribution in [3.8, 4) is 11.8 Å². The molecule has 1 aliphatic heterocycles. The topological polar surface area (TPSA) is 62.2 Å². The highest BCUT2D eigenvalue weighted by Crippen LogP contribution is 2.23. The first-order valence-electron chi connectivity index (χ1n) is 6.32. The third-order valence-corrected chi connectivity index (χ3v) is 5.59. The Hall–Kier alpha value is -1.16. The summed E-state index contributed by atoms with van der Waals surface area (Å²) in [5.41, 5.74) is 1.05. The fraction of sp³-hybridized carbons (Fsp3) is 0.429. The van der Waals surface area contributed by atoms with Crippen LogP contribution in [0.1, 0.15) is 15.9 Å². The van der Waals surface area contributed by atoms with Crippen LogP contribution in [0.3, 0.4) is 0 Å². The highest BCUT2D eigenvalue weighted by molar-refractivity contribution is 8.06. The van der Waals surface area contributed by atoms with Gasteiger partial charge in [-0.1, -0.05) is 11.8 Å². The van der Waals surface area contributed by atoms with Gasteiger partial charge in [-0.05, 0) is 6.07 Å². The van der Waals surface area contributed by atoms with Crippen molar-refractivity contribution in [2.45, 2.75) is 5.25 Å². The molecule has 0 aromatic carbocycles. The number of carbonyl (C=O) groups is 1. The molecule has 1 aromatic heterocycles. The summed E-state index contributed by atoms with van der Waals surface area (Å²) in [4.78, 5) is 16.1. The molecule has 1 saturated heterocycles. The molecule has 2 N–H and O–H groups in total. The first kappa shape index (κ1) is 15.2. The molecule has 1 fully saturated rings. The minimum absolute atomic E-state index is 0.134. The molecule has 0 bridgehead atoms. The van der Waals surface area contributed by atoms with Crippen molar-refractivity contribution in [2.75, 3.05) is 30.4 Å². The first-order chi connectivity index (χ1) is 9.81. The summed E-state index contributed by atoms with van der Waals surface area (Å²) in [5.74, 6) is 8.58. The Kier molecular flexibility index (Phi) is 6.25. The van der Waals surface area contributed by atoms with E-state index in [9.17, 15) is 4.79 Å². The van der Waals surface area contributed by atoms with Gasteiger partial charge in [-0.25, -0.2) is 0 Å². The van der Waals surface area contributed by atoms with Crippen molar-refractivity contribution in [2.24, 2.45) is 0 Å². The average Bonchev–Trinajstić information content (AvgIpc) is 2.52. The molecule has 0 saturated carbocycles. The number of aliphatic hydroxyl groups is 1. The molecular weight excluding hydrogens is 292 g/mol. The maximum atomic E-state index is 12.2. The third kappa shape index (κ3) is 4.44. The number of rotatable bonds is 3. The van der Waals surface area contributed by atoms with Gasteiger partial charge in [-0.3, -0.25) is 9.78 Å². The van der Waals surface area contributed by atoms with Crippen molar-refractivity contribution in [3.63, 3.8) is 0 Å². The Bertz CT molecular complexity index is 519. The maximum absolute atomic E-state index is 12.2. The molecule has 2 rings (SSSR count). The summed E-state index contributed by atoms with van der Waals surface area (Å²) in [6.07, 6.45) is 3.12. The van der Waals surface area contributed by atoms with Crippen molar-refractivity contribution in [1.29, 1.82) is 0 Å². The Morgan fingerprint density at radius 1 is 1.55 bits per heavy atom. The van der Waals surface area contributed by atoms with E-state index in [-0.39, 0.29) is 12.5 Å². The van der Waals surface area contributed by atoms with Gasteiger partial charge in [0.15, 0.2) is 0 Å². The SMILES string of the molecule is O=C(NCC1CSCCS1)c1ccncc1C#CCO. The lowest BCUT2D eigenvalue weighted by atomic mass is 10.1.